The molecule has 310 valence electrons. The van der Waals surface area contributed by atoms with Crippen LogP contribution in [-0.4, -0.2) is 200 Å². The SMILES string of the molecule is CO[C@@H]1O[C@@H](C(=O)O)[C@@H](O[C@H]2O[C@H](COS(=O)(=O)O)[C@@H](O[C@@H]3O[C@@H](C(=O)O)[C@@H](O)[C@H](O)[C@H]3OS(=O)(=O)O)[C@H](O)[C@H]2NS(=O)(=O)O)[C@H](O)[C@H]1OS(=O)(=O)O. The highest BCUT2D eigenvalue weighted by atomic mass is 32.3. The van der Waals surface area contributed by atoms with Crippen LogP contribution in [0.15, 0.2) is 0 Å². The Morgan fingerprint density at radius 2 is 1.09 bits per heavy atom. The van der Waals surface area contributed by atoms with Crippen LogP contribution in [0.25, 0.3) is 0 Å². The molecule has 3 rings (SSSR count). The van der Waals surface area contributed by atoms with E-state index < -0.39 is 152 Å². The molecule has 0 aliphatic carbocycles. The quantitative estimate of drug-likeness (QED) is 0.0642. The summed E-state index contributed by atoms with van der Waals surface area (Å²) in [6, 6.07) is -2.60. The highest BCUT2D eigenvalue weighted by molar-refractivity contribution is 7.83. The van der Waals surface area contributed by atoms with E-state index in [0.29, 0.717) is 0 Å². The summed E-state index contributed by atoms with van der Waals surface area (Å²) in [5.41, 5.74) is 0. The largest absolute Gasteiger partial charge is 0.479 e. The zero-order chi connectivity index (χ0) is 40.6. The van der Waals surface area contributed by atoms with Gasteiger partial charge in [-0.1, -0.05) is 0 Å². The van der Waals surface area contributed by atoms with Crippen molar-refractivity contribution >= 4 is 53.4 Å². The first kappa shape index (κ1) is 45.4. The van der Waals surface area contributed by atoms with Crippen molar-refractivity contribution in [2.45, 2.75) is 92.1 Å². The fourth-order valence-corrected chi connectivity index (χ4v) is 6.97. The molecule has 3 fully saturated rings. The molecule has 0 spiro atoms. The lowest BCUT2D eigenvalue weighted by molar-refractivity contribution is -0.357. The van der Waals surface area contributed by atoms with Crippen molar-refractivity contribution in [2.75, 3.05) is 13.7 Å². The van der Waals surface area contributed by atoms with E-state index in [1.807, 2.05) is 0 Å². The van der Waals surface area contributed by atoms with Gasteiger partial charge in [0.2, 0.25) is 0 Å². The van der Waals surface area contributed by atoms with Gasteiger partial charge in [0.1, 0.15) is 48.8 Å². The van der Waals surface area contributed by atoms with E-state index in [0.717, 1.165) is 7.11 Å². The minimum Gasteiger partial charge on any atom is -0.479 e. The summed E-state index contributed by atoms with van der Waals surface area (Å²) in [5.74, 6) is -4.09. The van der Waals surface area contributed by atoms with E-state index in [1.165, 1.54) is 4.72 Å². The minimum atomic E-state index is -5.66. The van der Waals surface area contributed by atoms with Crippen molar-refractivity contribution in [3.63, 3.8) is 0 Å². The first-order valence-corrected chi connectivity index (χ1v) is 19.2. The predicted octanol–water partition coefficient (Wildman–Crippen LogP) is -7.85. The van der Waals surface area contributed by atoms with Crippen molar-refractivity contribution in [1.29, 1.82) is 0 Å². The van der Waals surface area contributed by atoms with Crippen molar-refractivity contribution in [1.82, 2.24) is 4.72 Å². The topological polar surface area (TPSA) is 468 Å². The van der Waals surface area contributed by atoms with Gasteiger partial charge in [-0.3, -0.25) is 18.2 Å². The molecule has 3 saturated heterocycles. The molecule has 0 bridgehead atoms. The number of carbonyl (C=O) groups is 2. The standard InChI is InChI=1S/C19H31NO29S4/c1-41-18-13(49-53(38,39)40)8(24)10(14(47-18)16(27)28)45-17-4(20-50(29,30)31)5(21)9(3(43-17)2-42-51(32,33)34)44-19-12(48-52(35,36)37)7(23)6(22)11(46-19)15(25)26/h3-14,17-24H,2H2,1H3,(H,25,26)(H,27,28)(H,29,30,31)(H,32,33,34)(H,35,36,37)(H,38,39,40)/t3-,4-,5-,6+,7+,8+,9-,10+,11-,12-,13-,14-,17-,18-,19-/m1/s1. The zero-order valence-electron chi connectivity index (χ0n) is 25.7. The van der Waals surface area contributed by atoms with Gasteiger partial charge in [0.05, 0.1) is 6.61 Å². The summed E-state index contributed by atoms with van der Waals surface area (Å²) in [7, 11) is -21.4. The highest BCUT2D eigenvalue weighted by Crippen LogP contribution is 2.35. The van der Waals surface area contributed by atoms with E-state index in [4.69, 9.17) is 37.5 Å². The average molecular weight is 866 g/mol. The Balaban J connectivity index is 2.12. The Kier molecular flexibility index (Phi) is 14.6. The molecular weight excluding hydrogens is 834 g/mol. The Morgan fingerprint density at radius 3 is 1.55 bits per heavy atom. The molecule has 53 heavy (non-hydrogen) atoms. The van der Waals surface area contributed by atoms with Gasteiger partial charge in [-0.05, 0) is 0 Å². The number of aliphatic hydroxyl groups is 4. The molecule has 3 heterocycles. The first-order valence-electron chi connectivity index (χ1n) is 13.7. The van der Waals surface area contributed by atoms with Crippen LogP contribution in [0.1, 0.15) is 0 Å². The Labute approximate surface area is 296 Å². The molecule has 0 aromatic carbocycles. The smallest absolute Gasteiger partial charge is 0.397 e. The number of carboxylic acid groups (broad SMARTS) is 2. The lowest BCUT2D eigenvalue weighted by atomic mass is 9.95. The second kappa shape index (κ2) is 17.0. The molecule has 0 aromatic heterocycles. The minimum absolute atomic E-state index is 0.796. The van der Waals surface area contributed by atoms with Gasteiger partial charge in [0, 0.05) is 7.11 Å². The van der Waals surface area contributed by atoms with Crippen LogP contribution in [0.2, 0.25) is 0 Å². The van der Waals surface area contributed by atoms with Gasteiger partial charge < -0.3 is 59.1 Å². The fourth-order valence-electron chi connectivity index (χ4n) is 5.10. The van der Waals surface area contributed by atoms with E-state index in [1.54, 1.807) is 0 Å². The van der Waals surface area contributed by atoms with Crippen molar-refractivity contribution in [2.24, 2.45) is 0 Å². The van der Waals surface area contributed by atoms with Crippen LogP contribution in [0, 0.1) is 0 Å². The van der Waals surface area contributed by atoms with Crippen molar-refractivity contribution in [3.8, 4) is 0 Å². The molecule has 3 aliphatic heterocycles. The Bertz CT molecular complexity index is 1750. The van der Waals surface area contributed by atoms with E-state index >= 15 is 0 Å². The Morgan fingerprint density at radius 1 is 0.604 bits per heavy atom. The molecule has 0 radical (unpaired) electrons. The van der Waals surface area contributed by atoms with E-state index in [-0.39, 0.29) is 0 Å². The number of methoxy groups -OCH3 is 1. The maximum absolute atomic E-state index is 12.1. The monoisotopic (exact) mass is 865 g/mol. The second-order valence-electron chi connectivity index (χ2n) is 10.8. The van der Waals surface area contributed by atoms with Crippen LogP contribution in [0.4, 0.5) is 0 Å². The highest BCUT2D eigenvalue weighted by Gasteiger charge is 2.58. The van der Waals surface area contributed by atoms with Gasteiger partial charge in [0.25, 0.3) is 0 Å². The molecule has 0 aromatic rings. The van der Waals surface area contributed by atoms with Crippen LogP contribution >= 0.6 is 0 Å². The molecule has 0 amide bonds. The second-order valence-corrected chi connectivity index (χ2v) is 15.1. The Hall–Kier alpha value is -1.98. The maximum Gasteiger partial charge on any atom is 0.397 e. The lowest BCUT2D eigenvalue weighted by Gasteiger charge is -2.48. The van der Waals surface area contributed by atoms with Gasteiger partial charge in [-0.2, -0.15) is 38.4 Å². The van der Waals surface area contributed by atoms with Crippen molar-refractivity contribution < 1.29 is 133 Å². The number of hydrogen-bond acceptors (Lipinski definition) is 23. The summed E-state index contributed by atoms with van der Waals surface area (Å²) in [4.78, 5) is 23.7. The number of ether oxygens (including phenoxy) is 6. The number of hydrogen-bond donors (Lipinski definition) is 11. The molecule has 0 unspecified atom stereocenters. The van der Waals surface area contributed by atoms with Gasteiger partial charge >= 0.3 is 53.4 Å². The number of aliphatic carboxylic acids is 2. The molecule has 34 heteroatoms. The van der Waals surface area contributed by atoms with E-state index in [9.17, 15) is 83.0 Å². The third-order valence-corrected chi connectivity index (χ3v) is 9.11. The molecule has 0 saturated carbocycles. The van der Waals surface area contributed by atoms with Gasteiger partial charge in [0.15, 0.2) is 43.3 Å². The summed E-state index contributed by atoms with van der Waals surface area (Å²) >= 11 is 0. The first-order chi connectivity index (χ1) is 24.0. The summed E-state index contributed by atoms with van der Waals surface area (Å²) < 4.78 is 174. The summed E-state index contributed by atoms with van der Waals surface area (Å²) in [6.07, 6.45) is -35.5. The number of carboxylic acids is 2. The molecule has 11 N–H and O–H groups in total. The number of nitrogens with one attached hydrogen (secondary N) is 1. The molecule has 30 nitrogen and oxygen atoms in total. The number of rotatable bonds is 16. The predicted molar refractivity (Wildman–Crippen MR) is 151 cm³/mol. The van der Waals surface area contributed by atoms with Gasteiger partial charge in [-0.15, -0.1) is 0 Å². The molecule has 3 aliphatic rings. The molecule has 15 atom stereocenters. The zero-order valence-corrected chi connectivity index (χ0v) is 29.0. The van der Waals surface area contributed by atoms with Crippen LogP contribution in [0.5, 0.6) is 0 Å². The third kappa shape index (κ3) is 12.3. The lowest BCUT2D eigenvalue weighted by Crippen LogP contribution is -2.70. The van der Waals surface area contributed by atoms with Crippen LogP contribution < -0.4 is 4.72 Å². The summed E-state index contributed by atoms with van der Waals surface area (Å²) in [5, 5.41) is 61.9. The molecular formula is C19H31NO29S4. The summed E-state index contributed by atoms with van der Waals surface area (Å²) in [6.45, 7) is -1.57. The normalized spacial score (nSPS) is 39.0. The van der Waals surface area contributed by atoms with Gasteiger partial charge in [-0.25, -0.2) is 22.1 Å². The van der Waals surface area contributed by atoms with Crippen LogP contribution in [0.3, 0.4) is 0 Å². The number of aliphatic hydroxyl groups excluding tert-OH is 4. The van der Waals surface area contributed by atoms with E-state index in [2.05, 4.69) is 12.5 Å². The fraction of sp³-hybridized carbons (Fsp3) is 0.895. The van der Waals surface area contributed by atoms with Crippen molar-refractivity contribution in [3.05, 3.63) is 0 Å². The average Bonchev–Trinajstić information content (AvgIpc) is 2.98. The maximum atomic E-state index is 12.1. The van der Waals surface area contributed by atoms with Crippen LogP contribution in [-0.2, 0) is 92.1 Å². The third-order valence-electron chi connectivity index (χ3n) is 7.17.